The molecular weight excluding hydrogens is 290 g/mol. The molecule has 1 unspecified atom stereocenters. The molecule has 124 valence electrons. The summed E-state index contributed by atoms with van der Waals surface area (Å²) in [5, 5.41) is 11.3. The van der Waals surface area contributed by atoms with Gasteiger partial charge in [-0.25, -0.2) is 4.68 Å². The van der Waals surface area contributed by atoms with Gasteiger partial charge < -0.3 is 11.1 Å². The monoisotopic (exact) mass is 315 g/mol. The Bertz CT molecular complexity index is 665. The van der Waals surface area contributed by atoms with E-state index in [-0.39, 0.29) is 18.2 Å². The Morgan fingerprint density at radius 1 is 1.35 bits per heavy atom. The summed E-state index contributed by atoms with van der Waals surface area (Å²) < 4.78 is 1.74. The van der Waals surface area contributed by atoms with Crippen molar-refractivity contribution in [2.24, 2.45) is 11.7 Å². The van der Waals surface area contributed by atoms with Gasteiger partial charge in [0.1, 0.15) is 0 Å². The van der Waals surface area contributed by atoms with E-state index in [1.165, 1.54) is 0 Å². The number of hydrogen-bond donors (Lipinski definition) is 2. The summed E-state index contributed by atoms with van der Waals surface area (Å²) in [5.41, 5.74) is 7.87. The zero-order chi connectivity index (χ0) is 17.0. The average Bonchev–Trinajstić information content (AvgIpc) is 2.88. The van der Waals surface area contributed by atoms with Crippen molar-refractivity contribution in [1.29, 1.82) is 0 Å². The highest BCUT2D eigenvalue weighted by atomic mass is 16.1. The minimum atomic E-state index is -0.416. The first-order valence-electron chi connectivity index (χ1n) is 7.85. The second-order valence-corrected chi connectivity index (χ2v) is 6.37. The third kappa shape index (κ3) is 3.76. The van der Waals surface area contributed by atoms with Crippen LogP contribution in [0.4, 0.5) is 0 Å². The number of hydrogen-bond acceptors (Lipinski definition) is 4. The number of nitrogens with zero attached hydrogens (tertiary/aromatic N) is 3. The van der Waals surface area contributed by atoms with Crippen LogP contribution in [0.1, 0.15) is 32.2 Å². The summed E-state index contributed by atoms with van der Waals surface area (Å²) >= 11 is 0. The van der Waals surface area contributed by atoms with Crippen LogP contribution in [0.25, 0.3) is 5.69 Å². The minimum absolute atomic E-state index is 0.0881. The minimum Gasteiger partial charge on any atom is -0.349 e. The lowest BCUT2D eigenvalue weighted by molar-refractivity contribution is -0.122. The van der Waals surface area contributed by atoms with E-state index in [0.29, 0.717) is 12.2 Å². The molecule has 0 bridgehead atoms. The fourth-order valence-electron chi connectivity index (χ4n) is 2.28. The first-order valence-corrected chi connectivity index (χ1v) is 7.85. The molecular formula is C17H25N5O. The molecule has 0 spiro atoms. The third-order valence-electron chi connectivity index (χ3n) is 4.44. The van der Waals surface area contributed by atoms with Crippen molar-refractivity contribution in [1.82, 2.24) is 20.3 Å². The Balaban J connectivity index is 2.13. The first kappa shape index (κ1) is 17.1. The number of nitrogens with one attached hydrogen (secondary N) is 1. The molecule has 0 aliphatic rings. The predicted molar refractivity (Wildman–Crippen MR) is 90.2 cm³/mol. The first-order chi connectivity index (χ1) is 10.9. The molecule has 1 amide bonds. The number of para-hydroxylation sites is 1. The van der Waals surface area contributed by atoms with Gasteiger partial charge in [-0.05, 0) is 31.9 Å². The molecule has 1 heterocycles. The molecule has 0 radical (unpaired) electrons. The zero-order valence-electron chi connectivity index (χ0n) is 14.2. The Morgan fingerprint density at radius 2 is 2.00 bits per heavy atom. The average molecular weight is 315 g/mol. The normalized spacial score (nSPS) is 13.8. The van der Waals surface area contributed by atoms with E-state index in [1.807, 2.05) is 58.0 Å². The second-order valence-electron chi connectivity index (χ2n) is 6.37. The topological polar surface area (TPSA) is 85.8 Å². The summed E-state index contributed by atoms with van der Waals surface area (Å²) in [6.07, 6.45) is 0.195. The SMILES string of the molecule is Cc1c(CC(=O)NC(C)(CN)C(C)C)nnn1-c1ccccc1. The summed E-state index contributed by atoms with van der Waals surface area (Å²) in [6.45, 7) is 8.36. The molecule has 3 N–H and O–H groups in total. The van der Waals surface area contributed by atoms with Crippen molar-refractivity contribution in [3.05, 3.63) is 41.7 Å². The molecule has 6 nitrogen and oxygen atoms in total. The number of carbonyl (C=O) groups excluding carboxylic acids is 1. The van der Waals surface area contributed by atoms with Gasteiger partial charge in [-0.2, -0.15) is 0 Å². The van der Waals surface area contributed by atoms with E-state index >= 15 is 0 Å². The van der Waals surface area contributed by atoms with Crippen molar-refractivity contribution >= 4 is 5.91 Å². The smallest absolute Gasteiger partial charge is 0.226 e. The Kier molecular flexibility index (Phi) is 5.15. The number of amides is 1. The van der Waals surface area contributed by atoms with Crippen molar-refractivity contribution in [2.45, 2.75) is 39.7 Å². The van der Waals surface area contributed by atoms with Crippen LogP contribution in [-0.4, -0.2) is 33.0 Å². The van der Waals surface area contributed by atoms with Gasteiger partial charge in [-0.1, -0.05) is 37.3 Å². The van der Waals surface area contributed by atoms with Gasteiger partial charge in [0.15, 0.2) is 0 Å². The number of rotatable bonds is 6. The van der Waals surface area contributed by atoms with Gasteiger partial charge in [0.2, 0.25) is 5.91 Å². The van der Waals surface area contributed by atoms with Crippen molar-refractivity contribution in [3.63, 3.8) is 0 Å². The van der Waals surface area contributed by atoms with Crippen LogP contribution >= 0.6 is 0 Å². The summed E-state index contributed by atoms with van der Waals surface area (Å²) in [5.74, 6) is 0.160. The molecule has 2 aromatic rings. The van der Waals surface area contributed by atoms with Crippen LogP contribution in [0, 0.1) is 12.8 Å². The maximum atomic E-state index is 12.3. The highest BCUT2D eigenvalue weighted by molar-refractivity contribution is 5.79. The van der Waals surface area contributed by atoms with Gasteiger partial charge in [0, 0.05) is 6.54 Å². The van der Waals surface area contributed by atoms with Crippen molar-refractivity contribution in [2.75, 3.05) is 6.54 Å². The number of carbonyl (C=O) groups is 1. The Morgan fingerprint density at radius 3 is 2.57 bits per heavy atom. The van der Waals surface area contributed by atoms with Crippen LogP contribution in [0.15, 0.2) is 30.3 Å². The lowest BCUT2D eigenvalue weighted by Gasteiger charge is -2.33. The van der Waals surface area contributed by atoms with E-state index in [0.717, 1.165) is 11.4 Å². The van der Waals surface area contributed by atoms with Crippen LogP contribution in [-0.2, 0) is 11.2 Å². The molecule has 0 saturated heterocycles. The van der Waals surface area contributed by atoms with Crippen LogP contribution in [0.5, 0.6) is 0 Å². The summed E-state index contributed by atoms with van der Waals surface area (Å²) in [6, 6.07) is 9.74. The molecule has 6 heteroatoms. The largest absolute Gasteiger partial charge is 0.349 e. The van der Waals surface area contributed by atoms with Crippen molar-refractivity contribution < 1.29 is 4.79 Å². The van der Waals surface area contributed by atoms with E-state index in [9.17, 15) is 4.79 Å². The fraction of sp³-hybridized carbons (Fsp3) is 0.471. The lowest BCUT2D eigenvalue weighted by atomic mass is 9.88. The molecule has 0 aliphatic heterocycles. The fourth-order valence-corrected chi connectivity index (χ4v) is 2.28. The third-order valence-corrected chi connectivity index (χ3v) is 4.44. The lowest BCUT2D eigenvalue weighted by Crippen LogP contribution is -2.55. The molecule has 23 heavy (non-hydrogen) atoms. The summed E-state index contributed by atoms with van der Waals surface area (Å²) in [4.78, 5) is 12.3. The second kappa shape index (κ2) is 6.91. The zero-order valence-corrected chi connectivity index (χ0v) is 14.2. The quantitative estimate of drug-likeness (QED) is 0.848. The Hall–Kier alpha value is -2.21. The van der Waals surface area contributed by atoms with Crippen molar-refractivity contribution in [3.8, 4) is 5.69 Å². The molecule has 0 saturated carbocycles. The molecule has 0 aliphatic carbocycles. The predicted octanol–water partition coefficient (Wildman–Crippen LogP) is 1.61. The van der Waals surface area contributed by atoms with Gasteiger partial charge >= 0.3 is 0 Å². The number of aromatic nitrogens is 3. The number of benzene rings is 1. The van der Waals surface area contributed by atoms with Crippen LogP contribution in [0.3, 0.4) is 0 Å². The molecule has 2 rings (SSSR count). The number of nitrogens with two attached hydrogens (primary N) is 1. The van der Waals surface area contributed by atoms with E-state index in [1.54, 1.807) is 4.68 Å². The van der Waals surface area contributed by atoms with E-state index in [2.05, 4.69) is 15.6 Å². The van der Waals surface area contributed by atoms with Gasteiger partial charge in [0.05, 0.1) is 29.0 Å². The van der Waals surface area contributed by atoms with Crippen LogP contribution < -0.4 is 11.1 Å². The molecule has 1 aromatic carbocycles. The summed E-state index contributed by atoms with van der Waals surface area (Å²) in [7, 11) is 0. The maximum Gasteiger partial charge on any atom is 0.226 e. The Labute approximate surface area is 137 Å². The van der Waals surface area contributed by atoms with Gasteiger partial charge in [-0.3, -0.25) is 4.79 Å². The van der Waals surface area contributed by atoms with Gasteiger partial charge in [0.25, 0.3) is 0 Å². The van der Waals surface area contributed by atoms with Gasteiger partial charge in [-0.15, -0.1) is 5.10 Å². The molecule has 0 fully saturated rings. The standard InChI is InChI=1S/C17H25N5O/c1-12(2)17(4,11-18)19-16(23)10-15-13(3)22(21-20-15)14-8-6-5-7-9-14/h5-9,12H,10-11,18H2,1-4H3,(H,19,23). The van der Waals surface area contributed by atoms with E-state index < -0.39 is 5.54 Å². The molecule has 1 atom stereocenters. The van der Waals surface area contributed by atoms with Crippen LogP contribution in [0.2, 0.25) is 0 Å². The highest BCUT2D eigenvalue weighted by Crippen LogP contribution is 2.16. The maximum absolute atomic E-state index is 12.3. The highest BCUT2D eigenvalue weighted by Gasteiger charge is 2.29. The van der Waals surface area contributed by atoms with E-state index in [4.69, 9.17) is 5.73 Å². The molecule has 1 aromatic heterocycles.